The van der Waals surface area contributed by atoms with Crippen LogP contribution in [-0.4, -0.2) is 37.2 Å². The number of aromatic amines is 1. The van der Waals surface area contributed by atoms with E-state index in [9.17, 15) is 0 Å². The Morgan fingerprint density at radius 3 is 2.88 bits per heavy atom. The van der Waals surface area contributed by atoms with Crippen molar-refractivity contribution >= 4 is 0 Å². The van der Waals surface area contributed by atoms with Crippen LogP contribution >= 0.6 is 0 Å². The van der Waals surface area contributed by atoms with Gasteiger partial charge in [-0.25, -0.2) is 9.67 Å². The molecule has 1 atom stereocenters. The van der Waals surface area contributed by atoms with Gasteiger partial charge in [0.25, 0.3) is 0 Å². The average Bonchev–Trinajstić information content (AvgIpc) is 2.96. The monoisotopic (exact) mass is 235 g/mol. The predicted octanol–water partition coefficient (Wildman–Crippen LogP) is 0.480. The van der Waals surface area contributed by atoms with E-state index in [-0.39, 0.29) is 6.04 Å². The maximum absolute atomic E-state index is 4.29. The number of hydrogen-bond donors (Lipinski definition) is 2. The molecule has 7 heteroatoms. The first-order valence-electron chi connectivity index (χ1n) is 5.63. The van der Waals surface area contributed by atoms with Crippen molar-refractivity contribution in [2.45, 2.75) is 32.4 Å². The second kappa shape index (κ2) is 5.05. The van der Waals surface area contributed by atoms with Crippen molar-refractivity contribution in [2.75, 3.05) is 7.05 Å². The highest BCUT2D eigenvalue weighted by atomic mass is 15.4. The third kappa shape index (κ3) is 2.50. The van der Waals surface area contributed by atoms with Gasteiger partial charge in [-0.15, -0.1) is 0 Å². The molecule has 1 unspecified atom stereocenters. The maximum Gasteiger partial charge on any atom is 0.138 e. The Balaban J connectivity index is 2.16. The summed E-state index contributed by atoms with van der Waals surface area (Å²) < 4.78 is 1.92. The van der Waals surface area contributed by atoms with Crippen LogP contribution in [0.4, 0.5) is 0 Å². The number of hydrogen-bond acceptors (Lipinski definition) is 5. The minimum Gasteiger partial charge on any atom is -0.311 e. The molecule has 0 aliphatic heterocycles. The molecule has 92 valence electrons. The van der Waals surface area contributed by atoms with Gasteiger partial charge in [0, 0.05) is 12.5 Å². The molecule has 2 N–H and O–H groups in total. The number of nitrogens with one attached hydrogen (secondary N) is 2. The minimum absolute atomic E-state index is 0.0930. The van der Waals surface area contributed by atoms with Crippen molar-refractivity contribution in [2.24, 2.45) is 0 Å². The quantitative estimate of drug-likeness (QED) is 0.787. The van der Waals surface area contributed by atoms with Crippen molar-refractivity contribution < 1.29 is 0 Å². The van der Waals surface area contributed by atoms with E-state index >= 15 is 0 Å². The fourth-order valence-corrected chi connectivity index (χ4v) is 1.77. The molecule has 0 saturated carbocycles. The zero-order valence-corrected chi connectivity index (χ0v) is 10.3. The third-order valence-corrected chi connectivity index (χ3v) is 2.66. The van der Waals surface area contributed by atoms with Crippen molar-refractivity contribution in [1.29, 1.82) is 0 Å². The Labute approximate surface area is 99.6 Å². The lowest BCUT2D eigenvalue weighted by atomic mass is 10.1. The van der Waals surface area contributed by atoms with Gasteiger partial charge in [0.2, 0.25) is 0 Å². The van der Waals surface area contributed by atoms with E-state index < -0.39 is 0 Å². The third-order valence-electron chi connectivity index (χ3n) is 2.66. The molecule has 0 radical (unpaired) electrons. The van der Waals surface area contributed by atoms with E-state index in [2.05, 4.69) is 44.7 Å². The van der Waals surface area contributed by atoms with E-state index in [1.807, 2.05) is 11.7 Å². The number of nitrogens with zero attached hydrogens (tertiary/aromatic N) is 5. The number of rotatable bonds is 5. The van der Waals surface area contributed by atoms with Gasteiger partial charge in [0.1, 0.15) is 12.2 Å². The topological polar surface area (TPSA) is 84.3 Å². The summed E-state index contributed by atoms with van der Waals surface area (Å²) in [5.74, 6) is 0.947. The summed E-state index contributed by atoms with van der Waals surface area (Å²) >= 11 is 0. The number of likely N-dealkylation sites (N-methyl/N-ethyl adjacent to an activating group) is 1. The van der Waals surface area contributed by atoms with Gasteiger partial charge in [-0.05, 0) is 20.9 Å². The fraction of sp³-hybridized carbons (Fsp3) is 0.600. The second-order valence-electron chi connectivity index (χ2n) is 4.15. The molecule has 2 rings (SSSR count). The summed E-state index contributed by atoms with van der Waals surface area (Å²) in [6.07, 6.45) is 4.04. The van der Waals surface area contributed by atoms with Crippen molar-refractivity contribution in [1.82, 2.24) is 35.5 Å². The van der Waals surface area contributed by atoms with E-state index in [1.54, 1.807) is 12.5 Å². The normalized spacial score (nSPS) is 13.2. The molecule has 0 bridgehead atoms. The zero-order chi connectivity index (χ0) is 12.3. The molecule has 2 aromatic rings. The Hall–Kier alpha value is -1.76. The summed E-state index contributed by atoms with van der Waals surface area (Å²) in [6.45, 7) is 4.17. The SMILES string of the molecule is CNC(Cc1ncnn1C(C)C)c1cn[nH]n1. The van der Waals surface area contributed by atoms with E-state index in [0.717, 1.165) is 17.9 Å². The van der Waals surface area contributed by atoms with Crippen LogP contribution in [0.5, 0.6) is 0 Å². The van der Waals surface area contributed by atoms with Crippen LogP contribution in [0.3, 0.4) is 0 Å². The van der Waals surface area contributed by atoms with Crippen LogP contribution in [0.15, 0.2) is 12.5 Å². The van der Waals surface area contributed by atoms with Gasteiger partial charge < -0.3 is 5.32 Å². The van der Waals surface area contributed by atoms with E-state index in [0.29, 0.717) is 6.04 Å². The van der Waals surface area contributed by atoms with Crippen LogP contribution in [0.25, 0.3) is 0 Å². The van der Waals surface area contributed by atoms with Crippen LogP contribution in [0.2, 0.25) is 0 Å². The highest BCUT2D eigenvalue weighted by Crippen LogP contribution is 2.15. The largest absolute Gasteiger partial charge is 0.311 e. The predicted molar refractivity (Wildman–Crippen MR) is 62.3 cm³/mol. The standard InChI is InChI=1S/C10H17N7/c1-7(2)17-10(12-6-14-17)4-8(11-3)9-5-13-16-15-9/h5-8,11H,4H2,1-3H3,(H,13,15,16). The Morgan fingerprint density at radius 1 is 1.47 bits per heavy atom. The maximum atomic E-state index is 4.29. The first-order chi connectivity index (χ1) is 8.22. The van der Waals surface area contributed by atoms with Gasteiger partial charge in [-0.2, -0.15) is 20.5 Å². The molecule has 0 fully saturated rings. The van der Waals surface area contributed by atoms with Crippen molar-refractivity contribution in [3.05, 3.63) is 24.0 Å². The molecule has 0 amide bonds. The molecule has 2 aromatic heterocycles. The number of aromatic nitrogens is 6. The average molecular weight is 235 g/mol. The van der Waals surface area contributed by atoms with Gasteiger partial charge in [-0.3, -0.25) is 0 Å². The van der Waals surface area contributed by atoms with Crippen molar-refractivity contribution in [3.63, 3.8) is 0 Å². The van der Waals surface area contributed by atoms with Crippen molar-refractivity contribution in [3.8, 4) is 0 Å². The first kappa shape index (κ1) is 11.7. The molecule has 2 heterocycles. The van der Waals surface area contributed by atoms with E-state index in [4.69, 9.17) is 0 Å². The van der Waals surface area contributed by atoms with Gasteiger partial charge in [-0.1, -0.05) is 0 Å². The summed E-state index contributed by atoms with van der Waals surface area (Å²) in [7, 11) is 1.90. The summed E-state index contributed by atoms with van der Waals surface area (Å²) in [5, 5.41) is 17.9. The smallest absolute Gasteiger partial charge is 0.138 e. The Bertz CT molecular complexity index is 445. The molecule has 7 nitrogen and oxygen atoms in total. The fourth-order valence-electron chi connectivity index (χ4n) is 1.77. The molecule has 0 aliphatic carbocycles. The van der Waals surface area contributed by atoms with Crippen LogP contribution in [-0.2, 0) is 6.42 Å². The molecular formula is C10H17N7. The number of H-pyrrole nitrogens is 1. The lowest BCUT2D eigenvalue weighted by Gasteiger charge is -2.14. The summed E-state index contributed by atoms with van der Waals surface area (Å²) in [5.41, 5.74) is 0.880. The lowest BCUT2D eigenvalue weighted by Crippen LogP contribution is -2.22. The highest BCUT2D eigenvalue weighted by molar-refractivity contribution is 5.04. The molecular weight excluding hydrogens is 218 g/mol. The molecule has 0 saturated heterocycles. The second-order valence-corrected chi connectivity index (χ2v) is 4.15. The molecule has 0 spiro atoms. The highest BCUT2D eigenvalue weighted by Gasteiger charge is 2.17. The van der Waals surface area contributed by atoms with Crippen LogP contribution in [0, 0.1) is 0 Å². The molecule has 0 aliphatic rings. The Kier molecular flexibility index (Phi) is 3.48. The van der Waals surface area contributed by atoms with Gasteiger partial charge in [0.15, 0.2) is 0 Å². The van der Waals surface area contributed by atoms with Gasteiger partial charge >= 0.3 is 0 Å². The van der Waals surface area contributed by atoms with Gasteiger partial charge in [0.05, 0.1) is 17.9 Å². The van der Waals surface area contributed by atoms with Crippen LogP contribution < -0.4 is 5.32 Å². The zero-order valence-electron chi connectivity index (χ0n) is 10.3. The Morgan fingerprint density at radius 2 is 2.29 bits per heavy atom. The molecule has 17 heavy (non-hydrogen) atoms. The minimum atomic E-state index is 0.0930. The summed E-state index contributed by atoms with van der Waals surface area (Å²) in [4.78, 5) is 4.29. The summed E-state index contributed by atoms with van der Waals surface area (Å²) in [6, 6.07) is 0.401. The molecule has 0 aromatic carbocycles. The van der Waals surface area contributed by atoms with Crippen LogP contribution in [0.1, 0.15) is 37.4 Å². The van der Waals surface area contributed by atoms with E-state index in [1.165, 1.54) is 0 Å². The first-order valence-corrected chi connectivity index (χ1v) is 5.63. The lowest BCUT2D eigenvalue weighted by molar-refractivity contribution is 0.474.